The number of aryl methyl sites for hydroxylation is 1. The van der Waals surface area contributed by atoms with Crippen LogP contribution in [0, 0.1) is 18.3 Å². The van der Waals surface area contributed by atoms with E-state index in [2.05, 4.69) is 32.0 Å². The zero-order valence-electron chi connectivity index (χ0n) is 12.3. The maximum absolute atomic E-state index is 8.82. The number of halogens is 1. The molecule has 1 aromatic heterocycles. The molecule has 0 unspecified atom stereocenters. The highest BCUT2D eigenvalue weighted by atomic mass is 79.9. The van der Waals surface area contributed by atoms with Crippen LogP contribution in [0.3, 0.4) is 0 Å². The number of ether oxygens (including phenoxy) is 1. The van der Waals surface area contributed by atoms with Gasteiger partial charge in [0, 0.05) is 21.8 Å². The molecule has 0 spiro atoms. The van der Waals surface area contributed by atoms with Crippen molar-refractivity contribution in [3.05, 3.63) is 70.3 Å². The van der Waals surface area contributed by atoms with Crippen LogP contribution in [0.15, 0.2) is 59.1 Å². The third-order valence-corrected chi connectivity index (χ3v) is 3.67. The molecule has 112 valence electrons. The lowest BCUT2D eigenvalue weighted by Crippen LogP contribution is -1.96. The van der Waals surface area contributed by atoms with E-state index in [4.69, 9.17) is 10.00 Å². The van der Waals surface area contributed by atoms with E-state index in [0.29, 0.717) is 23.0 Å². The number of aromatic nitrogens is 2. The van der Waals surface area contributed by atoms with Gasteiger partial charge in [-0.1, -0.05) is 28.1 Å². The molecule has 2 aromatic carbocycles. The Morgan fingerprint density at radius 2 is 1.70 bits per heavy atom. The normalized spacial score (nSPS) is 10.1. The first-order chi connectivity index (χ1) is 11.1. The van der Waals surface area contributed by atoms with Crippen molar-refractivity contribution in [3.8, 4) is 29.1 Å². The molecule has 0 radical (unpaired) electrons. The Morgan fingerprint density at radius 1 is 1.00 bits per heavy atom. The zero-order chi connectivity index (χ0) is 16.2. The van der Waals surface area contributed by atoms with Gasteiger partial charge in [-0.05, 0) is 43.3 Å². The summed E-state index contributed by atoms with van der Waals surface area (Å²) >= 11 is 3.41. The van der Waals surface area contributed by atoms with Gasteiger partial charge in [0.2, 0.25) is 5.88 Å². The Labute approximate surface area is 142 Å². The molecule has 3 aromatic rings. The average Bonchev–Trinajstić information content (AvgIpc) is 2.56. The molecule has 0 fully saturated rings. The van der Waals surface area contributed by atoms with Crippen LogP contribution in [-0.4, -0.2) is 9.97 Å². The second-order valence-corrected chi connectivity index (χ2v) is 5.83. The van der Waals surface area contributed by atoms with Gasteiger partial charge in [-0.15, -0.1) is 0 Å². The number of benzene rings is 2. The minimum Gasteiger partial charge on any atom is -0.439 e. The van der Waals surface area contributed by atoms with Crippen molar-refractivity contribution >= 4 is 15.9 Å². The minimum absolute atomic E-state index is 0.472. The second kappa shape index (κ2) is 6.59. The molecule has 0 bridgehead atoms. The molecule has 0 aliphatic carbocycles. The molecule has 0 N–H and O–H groups in total. The molecule has 5 heteroatoms. The molecule has 0 saturated heterocycles. The van der Waals surface area contributed by atoms with Crippen LogP contribution in [0.5, 0.6) is 11.6 Å². The summed E-state index contributed by atoms with van der Waals surface area (Å²) in [6, 6.07) is 18.6. The van der Waals surface area contributed by atoms with Crippen LogP contribution in [0.4, 0.5) is 0 Å². The summed E-state index contributed by atoms with van der Waals surface area (Å²) < 4.78 is 6.78. The Balaban J connectivity index is 1.90. The predicted octanol–water partition coefficient (Wildman–Crippen LogP) is 4.88. The predicted molar refractivity (Wildman–Crippen MR) is 91.1 cm³/mol. The zero-order valence-corrected chi connectivity index (χ0v) is 13.9. The van der Waals surface area contributed by atoms with Gasteiger partial charge in [-0.3, -0.25) is 0 Å². The number of nitrogens with zero attached hydrogens (tertiary/aromatic N) is 3. The Morgan fingerprint density at radius 3 is 2.35 bits per heavy atom. The van der Waals surface area contributed by atoms with Gasteiger partial charge in [0.05, 0.1) is 11.6 Å². The van der Waals surface area contributed by atoms with Crippen LogP contribution >= 0.6 is 15.9 Å². The summed E-state index contributed by atoms with van der Waals surface area (Å²) in [5, 5.41) is 8.82. The van der Waals surface area contributed by atoms with Crippen molar-refractivity contribution in [2.45, 2.75) is 6.92 Å². The van der Waals surface area contributed by atoms with Gasteiger partial charge in [-0.25, -0.2) is 4.98 Å². The van der Waals surface area contributed by atoms with E-state index < -0.39 is 0 Å². The van der Waals surface area contributed by atoms with E-state index in [1.165, 1.54) is 0 Å². The SMILES string of the molecule is Cc1cc(Oc2ccc(C#N)cc2)nc(-c2ccc(Br)cc2)n1. The lowest BCUT2D eigenvalue weighted by Gasteiger charge is -2.08. The van der Waals surface area contributed by atoms with Gasteiger partial charge in [0.1, 0.15) is 5.75 Å². The van der Waals surface area contributed by atoms with Crippen molar-refractivity contribution in [2.24, 2.45) is 0 Å². The number of rotatable bonds is 3. The van der Waals surface area contributed by atoms with Crippen molar-refractivity contribution in [3.63, 3.8) is 0 Å². The standard InChI is InChI=1S/C18H12BrN3O/c1-12-10-17(23-16-8-2-13(11-20)3-9-16)22-18(21-12)14-4-6-15(19)7-5-14/h2-10H,1H3. The maximum Gasteiger partial charge on any atom is 0.223 e. The third-order valence-electron chi connectivity index (χ3n) is 3.14. The van der Waals surface area contributed by atoms with Crippen molar-refractivity contribution in [2.75, 3.05) is 0 Å². The van der Waals surface area contributed by atoms with E-state index in [0.717, 1.165) is 15.7 Å². The van der Waals surface area contributed by atoms with E-state index in [1.54, 1.807) is 30.3 Å². The highest BCUT2D eigenvalue weighted by molar-refractivity contribution is 9.10. The lowest BCUT2D eigenvalue weighted by atomic mass is 10.2. The second-order valence-electron chi connectivity index (χ2n) is 4.92. The highest BCUT2D eigenvalue weighted by Gasteiger charge is 2.07. The van der Waals surface area contributed by atoms with Gasteiger partial charge in [0.25, 0.3) is 0 Å². The van der Waals surface area contributed by atoms with Crippen LogP contribution in [0.25, 0.3) is 11.4 Å². The van der Waals surface area contributed by atoms with Gasteiger partial charge in [-0.2, -0.15) is 10.2 Å². The number of hydrogen-bond donors (Lipinski definition) is 0. The fourth-order valence-corrected chi connectivity index (χ4v) is 2.30. The highest BCUT2D eigenvalue weighted by Crippen LogP contribution is 2.24. The fourth-order valence-electron chi connectivity index (χ4n) is 2.04. The van der Waals surface area contributed by atoms with Crippen molar-refractivity contribution in [1.82, 2.24) is 9.97 Å². The first kappa shape index (κ1) is 15.2. The number of hydrogen-bond acceptors (Lipinski definition) is 4. The molecule has 0 saturated carbocycles. The summed E-state index contributed by atoms with van der Waals surface area (Å²) in [6.45, 7) is 1.90. The van der Waals surface area contributed by atoms with Crippen molar-refractivity contribution < 1.29 is 4.74 Å². The molecule has 1 heterocycles. The summed E-state index contributed by atoms with van der Waals surface area (Å²) in [6.07, 6.45) is 0. The molecule has 0 atom stereocenters. The van der Waals surface area contributed by atoms with Gasteiger partial charge < -0.3 is 4.74 Å². The summed E-state index contributed by atoms with van der Waals surface area (Å²) in [5.74, 6) is 1.71. The Bertz CT molecular complexity index is 868. The lowest BCUT2D eigenvalue weighted by molar-refractivity contribution is 0.461. The minimum atomic E-state index is 0.472. The molecular formula is C18H12BrN3O. The molecule has 23 heavy (non-hydrogen) atoms. The molecular weight excluding hydrogens is 354 g/mol. The van der Waals surface area contributed by atoms with E-state index in [9.17, 15) is 0 Å². The van der Waals surface area contributed by atoms with Crippen molar-refractivity contribution in [1.29, 1.82) is 5.26 Å². The molecule has 4 nitrogen and oxygen atoms in total. The van der Waals surface area contributed by atoms with Crippen LogP contribution in [0.2, 0.25) is 0 Å². The first-order valence-corrected chi connectivity index (χ1v) is 7.73. The number of nitriles is 1. The Hall–Kier alpha value is -2.71. The van der Waals surface area contributed by atoms with Crippen LogP contribution in [0.1, 0.15) is 11.3 Å². The molecule has 0 aliphatic rings. The summed E-state index contributed by atoms with van der Waals surface area (Å²) in [7, 11) is 0. The Kier molecular flexibility index (Phi) is 4.35. The fraction of sp³-hybridized carbons (Fsp3) is 0.0556. The quantitative estimate of drug-likeness (QED) is 0.663. The topological polar surface area (TPSA) is 58.8 Å². The van der Waals surface area contributed by atoms with Crippen LogP contribution < -0.4 is 4.74 Å². The third kappa shape index (κ3) is 3.74. The van der Waals surface area contributed by atoms with E-state index in [1.807, 2.05) is 31.2 Å². The molecule has 0 aliphatic heterocycles. The molecule has 3 rings (SSSR count). The van der Waals surface area contributed by atoms with E-state index in [-0.39, 0.29) is 0 Å². The van der Waals surface area contributed by atoms with E-state index >= 15 is 0 Å². The van der Waals surface area contributed by atoms with Gasteiger partial charge >= 0.3 is 0 Å². The monoisotopic (exact) mass is 365 g/mol. The molecule has 0 amide bonds. The summed E-state index contributed by atoms with van der Waals surface area (Å²) in [5.41, 5.74) is 2.33. The first-order valence-electron chi connectivity index (χ1n) is 6.94. The largest absolute Gasteiger partial charge is 0.439 e. The van der Waals surface area contributed by atoms with Crippen LogP contribution in [-0.2, 0) is 0 Å². The van der Waals surface area contributed by atoms with Gasteiger partial charge in [0.15, 0.2) is 5.82 Å². The summed E-state index contributed by atoms with van der Waals surface area (Å²) in [4.78, 5) is 8.91. The smallest absolute Gasteiger partial charge is 0.223 e. The maximum atomic E-state index is 8.82. The average molecular weight is 366 g/mol.